The third-order valence-electron chi connectivity index (χ3n) is 3.48. The summed E-state index contributed by atoms with van der Waals surface area (Å²) in [5, 5.41) is 0. The first kappa shape index (κ1) is 14.0. The Morgan fingerprint density at radius 2 is 1.14 bits per heavy atom. The summed E-state index contributed by atoms with van der Waals surface area (Å²) in [7, 11) is 0. The smallest absolute Gasteiger partial charge is 0.0358 e. The van der Waals surface area contributed by atoms with Crippen LogP contribution in [0.25, 0.3) is 0 Å². The van der Waals surface area contributed by atoms with E-state index in [-0.39, 0.29) is 0 Å². The molecule has 14 heavy (non-hydrogen) atoms. The van der Waals surface area contributed by atoms with Crippen molar-refractivity contribution < 1.29 is 0 Å². The summed E-state index contributed by atoms with van der Waals surface area (Å²) in [6, 6.07) is 0. The van der Waals surface area contributed by atoms with Gasteiger partial charge in [-0.2, -0.15) is 0 Å². The van der Waals surface area contributed by atoms with Gasteiger partial charge in [0.25, 0.3) is 0 Å². The third kappa shape index (κ3) is 4.48. The van der Waals surface area contributed by atoms with E-state index < -0.39 is 0 Å². The van der Waals surface area contributed by atoms with Gasteiger partial charge in [-0.15, -0.1) is 0 Å². The summed E-state index contributed by atoms with van der Waals surface area (Å²) in [5.41, 5.74) is 0. The summed E-state index contributed by atoms with van der Waals surface area (Å²) in [5.74, 6) is 4.35. The average Bonchev–Trinajstić information content (AvgIpc) is 2.02. The summed E-state index contributed by atoms with van der Waals surface area (Å²) < 4.78 is 0. The van der Waals surface area contributed by atoms with Crippen LogP contribution >= 0.6 is 0 Å². The third-order valence-corrected chi connectivity index (χ3v) is 3.48. The minimum absolute atomic E-state index is 0.838. The van der Waals surface area contributed by atoms with Gasteiger partial charge in [0.15, 0.2) is 0 Å². The first-order valence-electron chi connectivity index (χ1n) is 6.40. The van der Waals surface area contributed by atoms with Crippen LogP contribution in [0.2, 0.25) is 0 Å². The molecule has 0 radical (unpaired) electrons. The van der Waals surface area contributed by atoms with Crippen molar-refractivity contribution in [3.8, 4) is 0 Å². The summed E-state index contributed by atoms with van der Waals surface area (Å²) in [4.78, 5) is 0. The molecule has 0 heteroatoms. The number of hydrogen-bond acceptors (Lipinski definition) is 0. The van der Waals surface area contributed by atoms with E-state index in [9.17, 15) is 0 Å². The second-order valence-electron chi connectivity index (χ2n) is 5.85. The number of hydrogen-bond donors (Lipinski definition) is 0. The Morgan fingerprint density at radius 3 is 1.36 bits per heavy atom. The molecule has 0 aliphatic rings. The Bertz CT molecular complexity index is 133. The highest BCUT2D eigenvalue weighted by Gasteiger charge is 2.25. The maximum Gasteiger partial charge on any atom is -0.0358 e. The Kier molecular flexibility index (Phi) is 6.48. The van der Waals surface area contributed by atoms with Crippen LogP contribution < -0.4 is 0 Å². The first-order chi connectivity index (χ1) is 6.40. The first-order valence-corrected chi connectivity index (χ1v) is 6.40. The molecule has 0 fully saturated rings. The Labute approximate surface area is 91.5 Å². The zero-order valence-corrected chi connectivity index (χ0v) is 11.3. The minimum atomic E-state index is 0.838. The van der Waals surface area contributed by atoms with Crippen LogP contribution in [0.5, 0.6) is 0 Å². The Hall–Kier alpha value is 0. The molecule has 0 amide bonds. The molecule has 0 bridgehead atoms. The molecule has 0 heterocycles. The predicted octanol–water partition coefficient (Wildman–Crippen LogP) is 4.99. The van der Waals surface area contributed by atoms with Gasteiger partial charge >= 0.3 is 0 Å². The Morgan fingerprint density at radius 1 is 0.714 bits per heavy atom. The lowest BCUT2D eigenvalue weighted by Gasteiger charge is -2.33. The highest BCUT2D eigenvalue weighted by Crippen LogP contribution is 2.34. The van der Waals surface area contributed by atoms with E-state index in [2.05, 4.69) is 48.5 Å². The highest BCUT2D eigenvalue weighted by atomic mass is 14.3. The van der Waals surface area contributed by atoms with E-state index in [0.29, 0.717) is 0 Å². The molecular formula is C14H30. The molecule has 0 aromatic heterocycles. The van der Waals surface area contributed by atoms with Crippen molar-refractivity contribution in [3.63, 3.8) is 0 Å². The molecule has 0 N–H and O–H groups in total. The molecule has 0 aromatic carbocycles. The van der Waals surface area contributed by atoms with Gasteiger partial charge in [0.2, 0.25) is 0 Å². The van der Waals surface area contributed by atoms with Crippen LogP contribution in [0.4, 0.5) is 0 Å². The normalized spacial score (nSPS) is 16.7. The van der Waals surface area contributed by atoms with Crippen molar-refractivity contribution in [3.05, 3.63) is 0 Å². The van der Waals surface area contributed by atoms with Gasteiger partial charge < -0.3 is 0 Å². The lowest BCUT2D eigenvalue weighted by Crippen LogP contribution is -2.25. The van der Waals surface area contributed by atoms with Crippen LogP contribution in [-0.2, 0) is 0 Å². The second-order valence-corrected chi connectivity index (χ2v) is 5.85. The van der Waals surface area contributed by atoms with E-state index in [1.165, 1.54) is 12.8 Å². The SMILES string of the molecule is CCC(C(C)C)C(CC(C)C)C(C)C. The lowest BCUT2D eigenvalue weighted by molar-refractivity contribution is 0.162. The van der Waals surface area contributed by atoms with Crippen molar-refractivity contribution in [1.82, 2.24) is 0 Å². The largest absolute Gasteiger partial charge is 0.0651 e. The second kappa shape index (κ2) is 6.48. The molecule has 86 valence electrons. The van der Waals surface area contributed by atoms with Crippen LogP contribution in [-0.4, -0.2) is 0 Å². The molecule has 0 nitrogen and oxygen atoms in total. The minimum Gasteiger partial charge on any atom is -0.0651 e. The van der Waals surface area contributed by atoms with Crippen LogP contribution in [0.1, 0.15) is 61.3 Å². The van der Waals surface area contributed by atoms with E-state index >= 15 is 0 Å². The van der Waals surface area contributed by atoms with Gasteiger partial charge in [0.1, 0.15) is 0 Å². The van der Waals surface area contributed by atoms with Crippen molar-refractivity contribution in [2.75, 3.05) is 0 Å². The Balaban J connectivity index is 4.44. The summed E-state index contributed by atoms with van der Waals surface area (Å²) in [6.07, 6.45) is 2.74. The van der Waals surface area contributed by atoms with Gasteiger partial charge in [-0.25, -0.2) is 0 Å². The zero-order chi connectivity index (χ0) is 11.3. The zero-order valence-electron chi connectivity index (χ0n) is 11.3. The van der Waals surface area contributed by atoms with Crippen molar-refractivity contribution in [2.24, 2.45) is 29.6 Å². The molecule has 2 atom stereocenters. The van der Waals surface area contributed by atoms with Gasteiger partial charge in [-0.1, -0.05) is 54.9 Å². The fraction of sp³-hybridized carbons (Fsp3) is 1.00. The van der Waals surface area contributed by atoms with E-state index in [4.69, 9.17) is 0 Å². The summed E-state index contributed by atoms with van der Waals surface area (Å²) >= 11 is 0. The predicted molar refractivity (Wildman–Crippen MR) is 66.4 cm³/mol. The molecule has 0 aliphatic heterocycles. The number of rotatable bonds is 6. The fourth-order valence-corrected chi connectivity index (χ4v) is 2.75. The standard InChI is InChI=1S/C14H30/c1-8-13(11(4)5)14(12(6)7)9-10(2)3/h10-14H,8-9H2,1-7H3. The van der Waals surface area contributed by atoms with Gasteiger partial charge in [-0.05, 0) is 36.0 Å². The highest BCUT2D eigenvalue weighted by molar-refractivity contribution is 4.75. The van der Waals surface area contributed by atoms with Gasteiger partial charge in [-0.3, -0.25) is 0 Å². The van der Waals surface area contributed by atoms with Crippen LogP contribution in [0.15, 0.2) is 0 Å². The molecule has 0 rings (SSSR count). The van der Waals surface area contributed by atoms with E-state index in [1.54, 1.807) is 0 Å². The molecule has 0 saturated carbocycles. The molecule has 2 unspecified atom stereocenters. The topological polar surface area (TPSA) is 0 Å². The quantitative estimate of drug-likeness (QED) is 0.564. The molecule has 0 spiro atoms. The van der Waals surface area contributed by atoms with E-state index in [0.717, 1.165) is 29.6 Å². The van der Waals surface area contributed by atoms with E-state index in [1.807, 2.05) is 0 Å². The van der Waals surface area contributed by atoms with Crippen molar-refractivity contribution >= 4 is 0 Å². The molecule has 0 aliphatic carbocycles. The van der Waals surface area contributed by atoms with Crippen molar-refractivity contribution in [2.45, 2.75) is 61.3 Å². The fourth-order valence-electron chi connectivity index (χ4n) is 2.75. The van der Waals surface area contributed by atoms with Crippen LogP contribution in [0.3, 0.4) is 0 Å². The maximum absolute atomic E-state index is 2.39. The average molecular weight is 198 g/mol. The molecular weight excluding hydrogens is 168 g/mol. The van der Waals surface area contributed by atoms with Gasteiger partial charge in [0, 0.05) is 0 Å². The van der Waals surface area contributed by atoms with Crippen LogP contribution in [0, 0.1) is 29.6 Å². The van der Waals surface area contributed by atoms with Gasteiger partial charge in [0.05, 0.1) is 0 Å². The lowest BCUT2D eigenvalue weighted by atomic mass is 9.72. The molecule has 0 saturated heterocycles. The maximum atomic E-state index is 2.39. The molecule has 0 aromatic rings. The van der Waals surface area contributed by atoms with Crippen molar-refractivity contribution in [1.29, 1.82) is 0 Å². The summed E-state index contributed by atoms with van der Waals surface area (Å²) in [6.45, 7) is 16.6. The monoisotopic (exact) mass is 198 g/mol.